The first-order chi connectivity index (χ1) is 12.7. The number of hydrogen-bond donors (Lipinski definition) is 1. The number of para-hydroxylation sites is 1. The number of ether oxygens (including phenoxy) is 1. The van der Waals surface area contributed by atoms with E-state index in [4.69, 9.17) is 4.74 Å². The van der Waals surface area contributed by atoms with Gasteiger partial charge in [-0.25, -0.2) is 4.98 Å². The molecule has 0 aliphatic rings. The Kier molecular flexibility index (Phi) is 4.33. The first kappa shape index (κ1) is 16.2. The zero-order chi connectivity index (χ0) is 17.9. The summed E-state index contributed by atoms with van der Waals surface area (Å²) < 4.78 is 5.16. The van der Waals surface area contributed by atoms with Crippen LogP contribution in [0.25, 0.3) is 21.5 Å². The maximum absolute atomic E-state index is 12.6. The molecule has 0 atom stereocenters. The highest BCUT2D eigenvalue weighted by Gasteiger charge is 2.13. The first-order valence-corrected chi connectivity index (χ1v) is 8.87. The number of hydrogen-bond acceptors (Lipinski definition) is 5. The van der Waals surface area contributed by atoms with Crippen molar-refractivity contribution in [3.8, 4) is 16.3 Å². The number of carbonyl (C=O) groups excluding carboxylic acids is 1. The molecule has 0 bridgehead atoms. The van der Waals surface area contributed by atoms with Crippen molar-refractivity contribution in [1.29, 1.82) is 0 Å². The van der Waals surface area contributed by atoms with Gasteiger partial charge in [0.1, 0.15) is 16.5 Å². The molecule has 2 heterocycles. The number of anilines is 1. The lowest BCUT2D eigenvalue weighted by atomic mass is 10.2. The van der Waals surface area contributed by atoms with Gasteiger partial charge in [0.2, 0.25) is 0 Å². The van der Waals surface area contributed by atoms with Gasteiger partial charge in [-0.1, -0.05) is 18.2 Å². The predicted octanol–water partition coefficient (Wildman–Crippen LogP) is 4.62. The summed E-state index contributed by atoms with van der Waals surface area (Å²) in [4.78, 5) is 21.4. The Morgan fingerprint density at radius 1 is 1.08 bits per heavy atom. The van der Waals surface area contributed by atoms with E-state index in [0.717, 1.165) is 27.2 Å². The molecule has 0 saturated heterocycles. The fourth-order valence-corrected chi connectivity index (χ4v) is 3.44. The normalized spacial score (nSPS) is 10.7. The summed E-state index contributed by atoms with van der Waals surface area (Å²) >= 11 is 1.43. The Morgan fingerprint density at radius 3 is 2.69 bits per heavy atom. The summed E-state index contributed by atoms with van der Waals surface area (Å²) in [5.41, 5.74) is 2.76. The Labute approximate surface area is 154 Å². The second kappa shape index (κ2) is 6.93. The number of rotatable bonds is 4. The lowest BCUT2D eigenvalue weighted by Crippen LogP contribution is -2.12. The first-order valence-electron chi connectivity index (χ1n) is 7.99. The van der Waals surface area contributed by atoms with Gasteiger partial charge < -0.3 is 10.1 Å². The third-order valence-corrected chi connectivity index (χ3v) is 4.85. The fraction of sp³-hybridized carbons (Fsp3) is 0.0500. The third kappa shape index (κ3) is 3.14. The lowest BCUT2D eigenvalue weighted by molar-refractivity contribution is 0.102. The molecule has 0 aliphatic heterocycles. The van der Waals surface area contributed by atoms with E-state index in [0.29, 0.717) is 11.4 Å². The van der Waals surface area contributed by atoms with Crippen molar-refractivity contribution in [1.82, 2.24) is 9.97 Å². The van der Waals surface area contributed by atoms with E-state index in [1.165, 1.54) is 11.3 Å². The van der Waals surface area contributed by atoms with Gasteiger partial charge in [-0.05, 0) is 36.4 Å². The molecule has 2 aromatic carbocycles. The minimum Gasteiger partial charge on any atom is -0.497 e. The summed E-state index contributed by atoms with van der Waals surface area (Å²) in [6, 6.07) is 17.1. The van der Waals surface area contributed by atoms with Crippen LogP contribution in [0.1, 0.15) is 10.5 Å². The number of fused-ring (bicyclic) bond motifs is 1. The lowest BCUT2D eigenvalue weighted by Gasteiger charge is -2.06. The average molecular weight is 361 g/mol. The second-order valence-corrected chi connectivity index (χ2v) is 6.46. The molecule has 5 nitrogen and oxygen atoms in total. The molecule has 0 radical (unpaired) electrons. The topological polar surface area (TPSA) is 64.1 Å². The molecule has 1 amide bonds. The van der Waals surface area contributed by atoms with Crippen LogP contribution < -0.4 is 10.1 Å². The number of amides is 1. The second-order valence-electron chi connectivity index (χ2n) is 5.60. The van der Waals surface area contributed by atoms with Crippen LogP contribution in [0.4, 0.5) is 5.69 Å². The van der Waals surface area contributed by atoms with Gasteiger partial charge in [0.05, 0.1) is 18.3 Å². The zero-order valence-corrected chi connectivity index (χ0v) is 14.8. The molecule has 2 aromatic heterocycles. The van der Waals surface area contributed by atoms with E-state index in [1.807, 2.05) is 54.6 Å². The highest BCUT2D eigenvalue weighted by atomic mass is 32.1. The monoisotopic (exact) mass is 361 g/mol. The van der Waals surface area contributed by atoms with E-state index in [1.54, 1.807) is 18.7 Å². The number of benzene rings is 2. The summed E-state index contributed by atoms with van der Waals surface area (Å²) in [5, 5.41) is 6.42. The van der Waals surface area contributed by atoms with Gasteiger partial charge >= 0.3 is 0 Å². The van der Waals surface area contributed by atoms with Crippen molar-refractivity contribution in [2.45, 2.75) is 0 Å². The minimum absolute atomic E-state index is 0.251. The van der Waals surface area contributed by atoms with Crippen LogP contribution in [0.3, 0.4) is 0 Å². The Bertz CT molecular complexity index is 1070. The molecule has 128 valence electrons. The predicted molar refractivity (Wildman–Crippen MR) is 104 cm³/mol. The van der Waals surface area contributed by atoms with Crippen LogP contribution in [0.2, 0.25) is 0 Å². The van der Waals surface area contributed by atoms with Gasteiger partial charge in [0.25, 0.3) is 5.91 Å². The van der Waals surface area contributed by atoms with Gasteiger partial charge in [-0.2, -0.15) is 0 Å². The molecular weight excluding hydrogens is 346 g/mol. The summed E-state index contributed by atoms with van der Waals surface area (Å²) in [7, 11) is 1.63. The van der Waals surface area contributed by atoms with Crippen molar-refractivity contribution in [2.24, 2.45) is 0 Å². The summed E-state index contributed by atoms with van der Waals surface area (Å²) in [6.07, 6.45) is 1.71. The Hall–Kier alpha value is -3.25. The van der Waals surface area contributed by atoms with E-state index >= 15 is 0 Å². The summed E-state index contributed by atoms with van der Waals surface area (Å²) in [6.45, 7) is 0. The maximum Gasteiger partial charge on any atom is 0.275 e. The molecule has 0 saturated carbocycles. The van der Waals surface area contributed by atoms with Crippen molar-refractivity contribution < 1.29 is 9.53 Å². The molecule has 1 N–H and O–H groups in total. The van der Waals surface area contributed by atoms with E-state index in [2.05, 4.69) is 15.3 Å². The summed E-state index contributed by atoms with van der Waals surface area (Å²) in [5.74, 6) is 0.533. The van der Waals surface area contributed by atoms with Crippen LogP contribution in [0.15, 0.2) is 66.2 Å². The van der Waals surface area contributed by atoms with Gasteiger partial charge in [0.15, 0.2) is 0 Å². The molecular formula is C20H15N3O2S. The van der Waals surface area contributed by atoms with Crippen LogP contribution in [-0.2, 0) is 0 Å². The Balaban J connectivity index is 1.58. The van der Waals surface area contributed by atoms with Gasteiger partial charge in [-0.15, -0.1) is 11.3 Å². The largest absolute Gasteiger partial charge is 0.497 e. The van der Waals surface area contributed by atoms with E-state index in [-0.39, 0.29) is 5.91 Å². The van der Waals surface area contributed by atoms with Gasteiger partial charge in [-0.3, -0.25) is 9.78 Å². The highest BCUT2D eigenvalue weighted by Crippen LogP contribution is 2.27. The number of nitrogens with one attached hydrogen (secondary N) is 1. The van der Waals surface area contributed by atoms with Gasteiger partial charge in [0, 0.05) is 22.5 Å². The van der Waals surface area contributed by atoms with Crippen LogP contribution in [0.5, 0.6) is 5.75 Å². The SMILES string of the molecule is COc1ccc(-c2nc(C(=O)Nc3cccc4cccnc34)cs2)cc1. The number of pyridine rings is 1. The van der Waals surface area contributed by atoms with E-state index in [9.17, 15) is 4.79 Å². The standard InChI is InChI=1S/C20H15N3O2S/c1-25-15-9-7-14(8-10-15)20-23-17(12-26-20)19(24)22-16-6-2-4-13-5-3-11-21-18(13)16/h2-12H,1H3,(H,22,24). The minimum atomic E-state index is -0.251. The molecule has 0 unspecified atom stereocenters. The number of nitrogens with zero attached hydrogens (tertiary/aromatic N) is 2. The average Bonchev–Trinajstić information content (AvgIpc) is 3.19. The number of methoxy groups -OCH3 is 1. The van der Waals surface area contributed by atoms with Crippen LogP contribution in [0, 0.1) is 0 Å². The molecule has 26 heavy (non-hydrogen) atoms. The van der Waals surface area contributed by atoms with Crippen molar-refractivity contribution in [3.05, 3.63) is 71.9 Å². The zero-order valence-electron chi connectivity index (χ0n) is 14.0. The molecule has 0 spiro atoms. The van der Waals surface area contributed by atoms with Crippen LogP contribution in [-0.4, -0.2) is 23.0 Å². The fourth-order valence-electron chi connectivity index (χ4n) is 2.64. The smallest absolute Gasteiger partial charge is 0.275 e. The number of thiazole rings is 1. The highest BCUT2D eigenvalue weighted by molar-refractivity contribution is 7.13. The molecule has 6 heteroatoms. The number of aromatic nitrogens is 2. The Morgan fingerprint density at radius 2 is 1.88 bits per heavy atom. The molecule has 0 aliphatic carbocycles. The van der Waals surface area contributed by atoms with Crippen molar-refractivity contribution in [3.63, 3.8) is 0 Å². The van der Waals surface area contributed by atoms with Crippen LogP contribution >= 0.6 is 11.3 Å². The molecule has 4 aromatic rings. The third-order valence-electron chi connectivity index (χ3n) is 3.95. The van der Waals surface area contributed by atoms with Crippen molar-refractivity contribution in [2.75, 3.05) is 12.4 Å². The maximum atomic E-state index is 12.6. The molecule has 0 fully saturated rings. The number of carbonyl (C=O) groups is 1. The quantitative estimate of drug-likeness (QED) is 0.576. The van der Waals surface area contributed by atoms with Crippen molar-refractivity contribution >= 4 is 33.8 Å². The molecule has 4 rings (SSSR count). The van der Waals surface area contributed by atoms with E-state index < -0.39 is 0 Å².